The first-order chi connectivity index (χ1) is 5.29. The minimum Gasteiger partial charge on any atom is -0.543 e. The van der Waals surface area contributed by atoms with Crippen molar-refractivity contribution in [3.63, 3.8) is 0 Å². The van der Waals surface area contributed by atoms with E-state index in [9.17, 15) is 0 Å². The topological polar surface area (TPSA) is 161 Å². The van der Waals surface area contributed by atoms with E-state index in [1.807, 2.05) is 0 Å². The van der Waals surface area contributed by atoms with Gasteiger partial charge in [0.25, 0.3) is 0 Å². The van der Waals surface area contributed by atoms with Gasteiger partial charge in [0, 0.05) is 14.3 Å². The summed E-state index contributed by atoms with van der Waals surface area (Å²) < 4.78 is 0. The van der Waals surface area contributed by atoms with Crippen LogP contribution in [0.4, 0.5) is 0 Å². The molecule has 0 amide bonds. The molecule has 0 fully saturated rings. The van der Waals surface area contributed by atoms with Gasteiger partial charge in [-0.15, -0.1) is 0 Å². The number of carboxylic acids is 4. The monoisotopic (exact) mass is 417 g/mol. The minimum atomic E-state index is -2.19. The molecule has 9 heteroatoms. The van der Waals surface area contributed by atoms with E-state index in [1.54, 1.807) is 0 Å². The zero-order chi connectivity index (χ0) is 10.3. The van der Waals surface area contributed by atoms with Crippen LogP contribution in [0.25, 0.3) is 0 Å². The van der Waals surface area contributed by atoms with Crippen LogP contribution in [0.2, 0.25) is 0 Å². The molecule has 0 aromatic heterocycles. The number of hydrogen-bond donors (Lipinski definition) is 0. The standard InChI is InChI=1S/2C2H2O4.Am/c2*3-1(4)2(5)6;/h2*(H,3,4)(H,5,6);/p-4. The second kappa shape index (κ2) is 8.37. The van der Waals surface area contributed by atoms with Crippen molar-refractivity contribution in [2.24, 2.45) is 0 Å². The molecule has 75 valence electrons. The largest absolute Gasteiger partial charge is 0.543 e. The molecule has 0 N–H and O–H groups in total. The van der Waals surface area contributed by atoms with Crippen molar-refractivity contribution >= 4 is 23.9 Å². The summed E-state index contributed by atoms with van der Waals surface area (Å²) in [5.41, 5.74) is 0. The second-order valence-electron chi connectivity index (χ2n) is 1.15. The molecule has 0 heterocycles. The summed E-state index contributed by atoms with van der Waals surface area (Å²) in [5, 5.41) is 35.7. The summed E-state index contributed by atoms with van der Waals surface area (Å²) >= 11 is 0. The summed E-state index contributed by atoms with van der Waals surface area (Å²) in [6.45, 7) is 0. The smallest absolute Gasteiger partial charge is 0.0870 e. The normalized spacial score (nSPS) is 6.77. The predicted octanol–water partition coefficient (Wildman–Crippen LogP) is -7.03. The van der Waals surface area contributed by atoms with E-state index in [1.165, 1.54) is 0 Å². The Morgan fingerprint density at radius 2 is 0.615 bits per heavy atom. The molecule has 0 spiro atoms. The number of rotatable bonds is 0. The Morgan fingerprint density at radius 3 is 0.615 bits per heavy atom. The van der Waals surface area contributed by atoms with Crippen LogP contribution >= 0.6 is 0 Å². The Kier molecular flexibility index (Phi) is 11.2. The van der Waals surface area contributed by atoms with Gasteiger partial charge in [-0.1, -0.05) is 0 Å². The molecule has 0 aliphatic heterocycles. The van der Waals surface area contributed by atoms with E-state index < -0.39 is 23.9 Å². The van der Waals surface area contributed by atoms with Gasteiger partial charge in [-0.05, 0) is 0 Å². The SMILES string of the molecule is O=C([O-])C(=O)[O-].O=C([O-])C(=O)[O-].[Am]. The zero-order valence-electron chi connectivity index (χ0n) is 5.64. The van der Waals surface area contributed by atoms with Crippen molar-refractivity contribution < 1.29 is 53.9 Å². The number of hydrogen-bond acceptors (Lipinski definition) is 8. The van der Waals surface area contributed by atoms with Gasteiger partial charge in [0.1, 0.15) is 0 Å². The molecule has 0 aromatic carbocycles. The maximum absolute atomic E-state index is 8.93. The van der Waals surface area contributed by atoms with Crippen molar-refractivity contribution in [2.45, 2.75) is 0 Å². The van der Waals surface area contributed by atoms with Gasteiger partial charge in [0.2, 0.25) is 0 Å². The Morgan fingerprint density at radius 1 is 0.538 bits per heavy atom. The maximum atomic E-state index is 8.93. The molecular formula is C4AmO8-4. The second-order valence-corrected chi connectivity index (χ2v) is 1.15. The van der Waals surface area contributed by atoms with E-state index in [-0.39, 0.29) is 14.3 Å². The van der Waals surface area contributed by atoms with Gasteiger partial charge in [-0.25, -0.2) is 0 Å². The first-order valence-corrected chi connectivity index (χ1v) is 2.13. The predicted molar refractivity (Wildman–Crippen MR) is 20.0 cm³/mol. The molecule has 1 radical (unpaired) electrons. The average Bonchev–Trinajstić information content (AvgIpc) is 1.88. The number of carboxylic acid groups (broad SMARTS) is 4. The van der Waals surface area contributed by atoms with Crippen LogP contribution in [0.1, 0.15) is 0 Å². The molecule has 0 unspecified atom stereocenters. The van der Waals surface area contributed by atoms with Crippen LogP contribution < -0.4 is 20.4 Å². The zero-order valence-corrected chi connectivity index (χ0v) is 8.79. The van der Waals surface area contributed by atoms with Crippen molar-refractivity contribution in [1.29, 1.82) is 0 Å². The van der Waals surface area contributed by atoms with Crippen molar-refractivity contribution in [3.05, 3.63) is 0 Å². The fraction of sp³-hybridized carbons (Fsp3) is 0. The third-order valence-corrected chi connectivity index (χ3v) is 0.333. The minimum absolute atomic E-state index is 0. The average molecular weight is 419 g/mol. The van der Waals surface area contributed by atoms with Gasteiger partial charge in [-0.2, -0.15) is 0 Å². The molecule has 0 saturated carbocycles. The van der Waals surface area contributed by atoms with Crippen molar-refractivity contribution in [3.8, 4) is 0 Å². The maximum Gasteiger partial charge on any atom is 0.0870 e. The van der Waals surface area contributed by atoms with Gasteiger partial charge < -0.3 is 39.6 Å². The third-order valence-electron chi connectivity index (χ3n) is 0.333. The first-order valence-electron chi connectivity index (χ1n) is 2.13. The van der Waals surface area contributed by atoms with Crippen LogP contribution in [0.15, 0.2) is 0 Å². The Labute approximate surface area is 78.6 Å². The number of carbonyl (C=O) groups is 4. The van der Waals surface area contributed by atoms with E-state index in [0.29, 0.717) is 0 Å². The van der Waals surface area contributed by atoms with Crippen LogP contribution in [-0.4, -0.2) is 23.9 Å². The molecule has 0 rings (SSSR count). The Hall–Kier alpha value is -1.73. The molecule has 0 aliphatic carbocycles. The number of aliphatic carboxylic acids is 4. The summed E-state index contributed by atoms with van der Waals surface area (Å²) in [7, 11) is 0. The summed E-state index contributed by atoms with van der Waals surface area (Å²) in [4.78, 5) is 35.7. The quantitative estimate of drug-likeness (QED) is 0.350. The van der Waals surface area contributed by atoms with Crippen LogP contribution in [0.3, 0.4) is 0 Å². The first kappa shape index (κ1) is 17.4. The molecule has 0 aliphatic rings. The van der Waals surface area contributed by atoms with Crippen LogP contribution in [0.5, 0.6) is 0 Å². The Balaban J connectivity index is -0.000000143. The summed E-state index contributed by atoms with van der Waals surface area (Å²) in [6.07, 6.45) is 0. The molecular weight excluding hydrogens is 419 g/mol. The molecule has 13 heavy (non-hydrogen) atoms. The molecule has 0 bridgehead atoms. The van der Waals surface area contributed by atoms with E-state index >= 15 is 0 Å². The summed E-state index contributed by atoms with van der Waals surface area (Å²) in [6, 6.07) is 0. The van der Waals surface area contributed by atoms with Gasteiger partial charge >= 0.3 is 0 Å². The van der Waals surface area contributed by atoms with Gasteiger partial charge in [-0.3, -0.25) is 0 Å². The molecule has 0 saturated heterocycles. The van der Waals surface area contributed by atoms with Gasteiger partial charge in [0.15, 0.2) is 0 Å². The molecule has 8 nitrogen and oxygen atoms in total. The van der Waals surface area contributed by atoms with Gasteiger partial charge in [0.05, 0.1) is 23.9 Å². The van der Waals surface area contributed by atoms with E-state index in [4.69, 9.17) is 39.6 Å². The van der Waals surface area contributed by atoms with Crippen LogP contribution in [-0.2, 0) is 19.2 Å². The van der Waals surface area contributed by atoms with Crippen molar-refractivity contribution in [2.75, 3.05) is 0 Å². The van der Waals surface area contributed by atoms with E-state index in [2.05, 4.69) is 0 Å². The van der Waals surface area contributed by atoms with Crippen molar-refractivity contribution in [1.82, 2.24) is 0 Å². The molecule has 0 aromatic rings. The molecule has 0 atom stereocenters. The van der Waals surface area contributed by atoms with E-state index in [0.717, 1.165) is 0 Å². The third kappa shape index (κ3) is 17.9. The Bertz CT molecular complexity index is 172. The summed E-state index contributed by atoms with van der Waals surface area (Å²) in [5.74, 6) is -8.74. The van der Waals surface area contributed by atoms with Crippen LogP contribution in [0, 0.1) is 14.3 Å². The fourth-order valence-electron chi connectivity index (χ4n) is 0. The fourth-order valence-corrected chi connectivity index (χ4v) is 0. The number of carbonyl (C=O) groups excluding carboxylic acids is 4.